The van der Waals surface area contributed by atoms with Crippen LogP contribution in [0.25, 0.3) is 27.6 Å². The number of nitrogens with two attached hydrogens (primary N) is 2. The first-order chi connectivity index (χ1) is 18.0. The Morgan fingerprint density at radius 3 is 2.49 bits per heavy atom. The zero-order valence-electron chi connectivity index (χ0n) is 20.4. The molecule has 37 heavy (non-hydrogen) atoms. The fraction of sp³-hybridized carbons (Fsp3) is 0.107. The zero-order valence-corrected chi connectivity index (χ0v) is 20.4. The fourth-order valence-corrected chi connectivity index (χ4v) is 3.96. The third kappa shape index (κ3) is 5.23. The van der Waals surface area contributed by atoms with Crippen molar-refractivity contribution in [2.75, 3.05) is 18.6 Å². The van der Waals surface area contributed by atoms with Crippen LogP contribution in [0.5, 0.6) is 5.88 Å². The van der Waals surface area contributed by atoms with Gasteiger partial charge in [-0.05, 0) is 47.2 Å². The van der Waals surface area contributed by atoms with E-state index in [0.29, 0.717) is 11.3 Å². The molecule has 0 amide bonds. The monoisotopic (exact) mass is 491 g/mol. The molecule has 0 fully saturated rings. The van der Waals surface area contributed by atoms with E-state index in [9.17, 15) is 4.79 Å². The maximum absolute atomic E-state index is 13.6. The number of benzene rings is 2. The van der Waals surface area contributed by atoms with Crippen molar-refractivity contribution in [1.29, 1.82) is 5.26 Å². The molecular formula is C28H25N7O2. The molecule has 3 aromatic heterocycles. The Morgan fingerprint density at radius 2 is 1.81 bits per heavy atom. The van der Waals surface area contributed by atoms with Crippen molar-refractivity contribution in [2.24, 2.45) is 0 Å². The van der Waals surface area contributed by atoms with E-state index >= 15 is 0 Å². The first-order valence-corrected chi connectivity index (χ1v) is 11.5. The second-order valence-electron chi connectivity index (χ2n) is 7.96. The van der Waals surface area contributed by atoms with Gasteiger partial charge in [0.25, 0.3) is 5.56 Å². The Bertz CT molecular complexity index is 1660. The molecule has 0 saturated carbocycles. The Morgan fingerprint density at radius 1 is 1.03 bits per heavy atom. The zero-order chi connectivity index (χ0) is 26.4. The highest BCUT2D eigenvalue weighted by Crippen LogP contribution is 2.29. The van der Waals surface area contributed by atoms with E-state index in [0.717, 1.165) is 34.3 Å². The van der Waals surface area contributed by atoms with Crippen LogP contribution in [0.2, 0.25) is 0 Å². The molecule has 0 spiro atoms. The van der Waals surface area contributed by atoms with Crippen LogP contribution in [0.1, 0.15) is 18.2 Å². The smallest absolute Gasteiger partial charge is 0.263 e. The molecule has 0 atom stereocenters. The van der Waals surface area contributed by atoms with Crippen LogP contribution in [0.15, 0.2) is 83.9 Å². The largest absolute Gasteiger partial charge is 0.481 e. The average molecular weight is 492 g/mol. The highest BCUT2D eigenvalue weighted by atomic mass is 16.5. The standard InChI is InChI=1S/C23H20N2O2.C5H5N5/c1-3-18-14-17-8-7-11-20(16-12-13-24-21(15-16)27-2)22(17)23(26)25(18)19-9-5-4-6-10-19;6-1-3-2-9-5(8)10-4(3)7/h4-15H,3H2,1-2H3;2H,(H4,7,8,9,10). The van der Waals surface area contributed by atoms with Crippen LogP contribution in [-0.2, 0) is 6.42 Å². The van der Waals surface area contributed by atoms with Gasteiger partial charge < -0.3 is 16.2 Å². The number of aryl methyl sites for hydroxylation is 1. The SMILES string of the molecule is CCc1cc2cccc(-c3ccnc(OC)c3)c2c(=O)n1-c1ccccc1.N#Cc1cnc(N)nc1N. The summed E-state index contributed by atoms with van der Waals surface area (Å²) in [5, 5.41) is 10.0. The third-order valence-corrected chi connectivity index (χ3v) is 5.71. The van der Waals surface area contributed by atoms with E-state index in [-0.39, 0.29) is 22.9 Å². The molecule has 2 aromatic carbocycles. The molecule has 4 N–H and O–H groups in total. The first-order valence-electron chi connectivity index (χ1n) is 11.5. The summed E-state index contributed by atoms with van der Waals surface area (Å²) in [6, 6.07) is 23.4. The highest BCUT2D eigenvalue weighted by molar-refractivity contribution is 5.96. The lowest BCUT2D eigenvalue weighted by Gasteiger charge is -2.15. The predicted molar refractivity (Wildman–Crippen MR) is 144 cm³/mol. The maximum atomic E-state index is 13.6. The minimum atomic E-state index is -0.0121. The van der Waals surface area contributed by atoms with Gasteiger partial charge in [-0.2, -0.15) is 10.2 Å². The van der Waals surface area contributed by atoms with Crippen molar-refractivity contribution in [3.63, 3.8) is 0 Å². The van der Waals surface area contributed by atoms with Crippen LogP contribution < -0.4 is 21.8 Å². The van der Waals surface area contributed by atoms with Crippen LogP contribution in [-0.4, -0.2) is 26.6 Å². The van der Waals surface area contributed by atoms with E-state index in [4.69, 9.17) is 21.5 Å². The quantitative estimate of drug-likeness (QED) is 0.381. The lowest BCUT2D eigenvalue weighted by molar-refractivity contribution is 0.398. The number of hydrogen-bond donors (Lipinski definition) is 2. The Balaban J connectivity index is 0.000000270. The van der Waals surface area contributed by atoms with E-state index in [1.54, 1.807) is 13.3 Å². The molecular weight excluding hydrogens is 466 g/mol. The normalized spacial score (nSPS) is 10.3. The minimum absolute atomic E-state index is 0.0121. The van der Waals surface area contributed by atoms with Gasteiger partial charge >= 0.3 is 0 Å². The number of nitrogen functional groups attached to an aromatic ring is 2. The van der Waals surface area contributed by atoms with Crippen molar-refractivity contribution in [3.8, 4) is 28.8 Å². The van der Waals surface area contributed by atoms with Crippen molar-refractivity contribution in [2.45, 2.75) is 13.3 Å². The number of ether oxygens (including phenoxy) is 1. The molecule has 0 saturated heterocycles. The average Bonchev–Trinajstić information content (AvgIpc) is 2.93. The molecule has 5 rings (SSSR count). The third-order valence-electron chi connectivity index (χ3n) is 5.71. The van der Waals surface area contributed by atoms with Gasteiger partial charge in [-0.3, -0.25) is 9.36 Å². The lowest BCUT2D eigenvalue weighted by Crippen LogP contribution is -2.22. The number of pyridine rings is 2. The van der Waals surface area contributed by atoms with Gasteiger partial charge in [-0.25, -0.2) is 9.97 Å². The molecule has 0 radical (unpaired) electrons. The summed E-state index contributed by atoms with van der Waals surface area (Å²) >= 11 is 0. The molecule has 9 nitrogen and oxygen atoms in total. The van der Waals surface area contributed by atoms with Crippen molar-refractivity contribution in [3.05, 3.63) is 101 Å². The van der Waals surface area contributed by atoms with Gasteiger partial charge in [0, 0.05) is 23.6 Å². The maximum Gasteiger partial charge on any atom is 0.263 e. The Labute approximate surface area is 213 Å². The van der Waals surface area contributed by atoms with Crippen LogP contribution in [0.3, 0.4) is 0 Å². The molecule has 0 bridgehead atoms. The van der Waals surface area contributed by atoms with Crippen LogP contribution >= 0.6 is 0 Å². The summed E-state index contributed by atoms with van der Waals surface area (Å²) in [4.78, 5) is 24.9. The van der Waals surface area contributed by atoms with E-state index in [2.05, 4.69) is 27.9 Å². The molecule has 9 heteroatoms. The summed E-state index contributed by atoms with van der Waals surface area (Å²) in [6.45, 7) is 2.07. The minimum Gasteiger partial charge on any atom is -0.481 e. The van der Waals surface area contributed by atoms with E-state index < -0.39 is 0 Å². The molecule has 0 aliphatic heterocycles. The summed E-state index contributed by atoms with van der Waals surface area (Å²) < 4.78 is 7.06. The van der Waals surface area contributed by atoms with Gasteiger partial charge in [-0.1, -0.05) is 43.3 Å². The van der Waals surface area contributed by atoms with E-state index in [1.165, 1.54) is 6.20 Å². The fourth-order valence-electron chi connectivity index (χ4n) is 3.96. The Kier molecular flexibility index (Phi) is 7.40. The number of hydrogen-bond acceptors (Lipinski definition) is 8. The van der Waals surface area contributed by atoms with Crippen LogP contribution in [0.4, 0.5) is 11.8 Å². The Hall–Kier alpha value is -5.23. The van der Waals surface area contributed by atoms with Gasteiger partial charge in [0.05, 0.1) is 18.7 Å². The summed E-state index contributed by atoms with van der Waals surface area (Å²) in [5.41, 5.74) is 14.3. The second-order valence-corrected chi connectivity index (χ2v) is 7.96. The van der Waals surface area contributed by atoms with E-state index in [1.807, 2.05) is 71.3 Å². The summed E-state index contributed by atoms with van der Waals surface area (Å²) in [5.74, 6) is 0.726. The number of methoxy groups -OCH3 is 1. The van der Waals surface area contributed by atoms with Crippen LogP contribution in [0, 0.1) is 11.3 Å². The highest BCUT2D eigenvalue weighted by Gasteiger charge is 2.14. The van der Waals surface area contributed by atoms with Gasteiger partial charge in [0.2, 0.25) is 11.8 Å². The predicted octanol–water partition coefficient (Wildman–Crippen LogP) is 4.14. The summed E-state index contributed by atoms with van der Waals surface area (Å²) in [6.07, 6.45) is 3.76. The molecule has 0 aliphatic rings. The molecule has 5 aromatic rings. The number of para-hydroxylation sites is 1. The summed E-state index contributed by atoms with van der Waals surface area (Å²) in [7, 11) is 1.59. The lowest BCUT2D eigenvalue weighted by atomic mass is 9.99. The number of nitrogens with zero attached hydrogens (tertiary/aromatic N) is 5. The van der Waals surface area contributed by atoms with Crippen molar-refractivity contribution >= 4 is 22.5 Å². The first kappa shape index (κ1) is 24.9. The molecule has 184 valence electrons. The van der Waals surface area contributed by atoms with Gasteiger partial charge in [0.1, 0.15) is 17.5 Å². The molecule has 0 aliphatic carbocycles. The molecule has 0 unspecified atom stereocenters. The topological polar surface area (TPSA) is 146 Å². The number of rotatable bonds is 4. The number of nitriles is 1. The second kappa shape index (κ2) is 11.0. The number of anilines is 2. The van der Waals surface area contributed by atoms with Gasteiger partial charge in [-0.15, -0.1) is 0 Å². The number of aromatic nitrogens is 4. The van der Waals surface area contributed by atoms with Gasteiger partial charge in [0.15, 0.2) is 0 Å². The number of fused-ring (bicyclic) bond motifs is 1. The van der Waals surface area contributed by atoms with Crippen molar-refractivity contribution in [1.82, 2.24) is 19.5 Å². The molecule has 3 heterocycles. The van der Waals surface area contributed by atoms with Crippen molar-refractivity contribution < 1.29 is 4.74 Å².